The number of nitrogens with zero attached hydrogens (tertiary/aromatic N) is 1. The predicted octanol–water partition coefficient (Wildman–Crippen LogP) is 4.54. The quantitative estimate of drug-likeness (QED) is 0.586. The van der Waals surface area contributed by atoms with E-state index in [4.69, 9.17) is 11.6 Å². The second-order valence-corrected chi connectivity index (χ2v) is 11.7. The van der Waals surface area contributed by atoms with Crippen molar-refractivity contribution < 1.29 is 14.4 Å². The molecule has 6 nitrogen and oxygen atoms in total. The summed E-state index contributed by atoms with van der Waals surface area (Å²) in [6.07, 6.45) is 0.721. The molecule has 2 heterocycles. The van der Waals surface area contributed by atoms with E-state index in [0.29, 0.717) is 17.1 Å². The van der Waals surface area contributed by atoms with Crippen molar-refractivity contribution in [3.05, 3.63) is 70.2 Å². The molecule has 2 N–H and O–H groups in total. The fourth-order valence-corrected chi connectivity index (χ4v) is 6.35. The molecule has 180 valence electrons. The van der Waals surface area contributed by atoms with E-state index in [1.165, 1.54) is 0 Å². The van der Waals surface area contributed by atoms with Crippen LogP contribution in [0.3, 0.4) is 0 Å². The van der Waals surface area contributed by atoms with E-state index in [1.807, 2.05) is 64.1 Å². The number of benzene rings is 2. The molecule has 3 amide bonds. The van der Waals surface area contributed by atoms with Gasteiger partial charge in [0, 0.05) is 21.9 Å². The lowest BCUT2D eigenvalue weighted by Crippen LogP contribution is -2.58. The summed E-state index contributed by atoms with van der Waals surface area (Å²) in [4.78, 5) is 41.7. The lowest BCUT2D eigenvalue weighted by Gasteiger charge is -2.32. The van der Waals surface area contributed by atoms with Gasteiger partial charge in [-0.2, -0.15) is 0 Å². The third-order valence-corrected chi connectivity index (χ3v) is 8.51. The zero-order chi connectivity index (χ0) is 24.6. The van der Waals surface area contributed by atoms with Crippen LogP contribution in [0.5, 0.6) is 0 Å². The zero-order valence-corrected chi connectivity index (χ0v) is 21.4. The Morgan fingerprint density at radius 1 is 1.15 bits per heavy atom. The number of thioether (sulfide) groups is 1. The molecule has 2 aliphatic rings. The molecule has 2 aromatic carbocycles. The van der Waals surface area contributed by atoms with Gasteiger partial charge in [-0.1, -0.05) is 62.2 Å². The molecule has 0 radical (unpaired) electrons. The molecule has 0 unspecified atom stereocenters. The summed E-state index contributed by atoms with van der Waals surface area (Å²) in [5.41, 5.74) is 2.51. The van der Waals surface area contributed by atoms with Crippen molar-refractivity contribution in [2.24, 2.45) is 5.92 Å². The lowest BCUT2D eigenvalue weighted by molar-refractivity contribution is -0.133. The highest BCUT2D eigenvalue weighted by Crippen LogP contribution is 2.56. The molecule has 8 heteroatoms. The number of rotatable bonds is 7. The standard InChI is InChI=1S/C26H30ClN3O3S/c1-5-15(2)20(22(31)28-14-16-10-12-17(27)13-11-16)29-23(32)21-26(3,4)34-25-19-9-7-6-8-18(19)24(33)30(21)25/h6-13,15,20-21,25H,5,14H2,1-4H3,(H,28,31)(H,29,32)/t15-,20-,21+,25-/m0/s1. The van der Waals surface area contributed by atoms with Crippen LogP contribution >= 0.6 is 23.4 Å². The van der Waals surface area contributed by atoms with Gasteiger partial charge in [-0.3, -0.25) is 14.4 Å². The summed E-state index contributed by atoms with van der Waals surface area (Å²) < 4.78 is -0.502. The Hall–Kier alpha value is -2.51. The van der Waals surface area contributed by atoms with Crippen LogP contribution in [0.2, 0.25) is 5.02 Å². The van der Waals surface area contributed by atoms with Crippen molar-refractivity contribution in [2.75, 3.05) is 0 Å². The molecule has 4 rings (SSSR count). The first-order valence-corrected chi connectivity index (χ1v) is 12.8. The van der Waals surface area contributed by atoms with Gasteiger partial charge in [0.1, 0.15) is 17.5 Å². The van der Waals surface area contributed by atoms with Crippen molar-refractivity contribution >= 4 is 41.1 Å². The Balaban J connectivity index is 1.51. The van der Waals surface area contributed by atoms with Crippen LogP contribution in [-0.4, -0.2) is 39.5 Å². The summed E-state index contributed by atoms with van der Waals surface area (Å²) in [7, 11) is 0. The molecule has 2 aliphatic heterocycles. The number of amides is 3. The molecular weight excluding hydrogens is 470 g/mol. The largest absolute Gasteiger partial charge is 0.350 e. The average molecular weight is 500 g/mol. The first kappa shape index (κ1) is 24.6. The number of hydrogen-bond donors (Lipinski definition) is 2. The topological polar surface area (TPSA) is 78.5 Å². The third kappa shape index (κ3) is 4.56. The molecular formula is C26H30ClN3O3S. The van der Waals surface area contributed by atoms with E-state index >= 15 is 0 Å². The molecule has 1 fully saturated rings. The second-order valence-electron chi connectivity index (χ2n) is 9.49. The molecule has 1 saturated heterocycles. The van der Waals surface area contributed by atoms with Crippen LogP contribution < -0.4 is 10.6 Å². The van der Waals surface area contributed by atoms with Crippen molar-refractivity contribution in [3.8, 4) is 0 Å². The van der Waals surface area contributed by atoms with Crippen LogP contribution in [0.4, 0.5) is 0 Å². The Morgan fingerprint density at radius 2 is 1.82 bits per heavy atom. The van der Waals surface area contributed by atoms with Gasteiger partial charge in [0.2, 0.25) is 11.8 Å². The van der Waals surface area contributed by atoms with Gasteiger partial charge >= 0.3 is 0 Å². The van der Waals surface area contributed by atoms with E-state index < -0.39 is 16.8 Å². The van der Waals surface area contributed by atoms with E-state index in [2.05, 4.69) is 10.6 Å². The van der Waals surface area contributed by atoms with Gasteiger partial charge in [0.15, 0.2) is 0 Å². The Morgan fingerprint density at radius 3 is 2.50 bits per heavy atom. The summed E-state index contributed by atoms with van der Waals surface area (Å²) in [5, 5.41) is 6.36. The summed E-state index contributed by atoms with van der Waals surface area (Å²) in [6.45, 7) is 8.24. The Labute approximate surface area is 209 Å². The van der Waals surface area contributed by atoms with Crippen molar-refractivity contribution in [2.45, 2.75) is 62.9 Å². The van der Waals surface area contributed by atoms with Crippen LogP contribution in [-0.2, 0) is 16.1 Å². The normalized spacial score (nSPS) is 22.0. The molecule has 34 heavy (non-hydrogen) atoms. The first-order valence-electron chi connectivity index (χ1n) is 11.6. The molecule has 0 bridgehead atoms. The van der Waals surface area contributed by atoms with E-state index in [0.717, 1.165) is 17.5 Å². The molecule has 0 aliphatic carbocycles. The van der Waals surface area contributed by atoms with Gasteiger partial charge < -0.3 is 15.5 Å². The minimum absolute atomic E-state index is 0.0754. The number of carbonyl (C=O) groups is 3. The zero-order valence-electron chi connectivity index (χ0n) is 19.8. The van der Waals surface area contributed by atoms with Gasteiger partial charge in [-0.05, 0) is 49.1 Å². The summed E-state index contributed by atoms with van der Waals surface area (Å²) in [5.74, 6) is -0.749. The number of halogens is 1. The minimum Gasteiger partial charge on any atom is -0.350 e. The molecule has 0 aromatic heterocycles. The van der Waals surface area contributed by atoms with Crippen LogP contribution in [0, 0.1) is 5.92 Å². The smallest absolute Gasteiger partial charge is 0.256 e. The summed E-state index contributed by atoms with van der Waals surface area (Å²) >= 11 is 7.55. The Bertz CT molecular complexity index is 1100. The van der Waals surface area contributed by atoms with Gasteiger partial charge in [0.05, 0.1) is 0 Å². The van der Waals surface area contributed by atoms with Gasteiger partial charge in [0.25, 0.3) is 5.91 Å². The average Bonchev–Trinajstić information content (AvgIpc) is 3.25. The van der Waals surface area contributed by atoms with E-state index in [9.17, 15) is 14.4 Å². The maximum atomic E-state index is 13.6. The number of hydrogen-bond acceptors (Lipinski definition) is 4. The maximum Gasteiger partial charge on any atom is 0.256 e. The fourth-order valence-electron chi connectivity index (χ4n) is 4.64. The molecule has 4 atom stereocenters. The van der Waals surface area contributed by atoms with Gasteiger partial charge in [-0.25, -0.2) is 0 Å². The minimum atomic E-state index is -0.704. The number of nitrogens with one attached hydrogen (secondary N) is 2. The maximum absolute atomic E-state index is 13.6. The summed E-state index contributed by atoms with van der Waals surface area (Å²) in [6, 6.07) is 13.4. The van der Waals surface area contributed by atoms with Crippen molar-refractivity contribution in [1.82, 2.24) is 15.5 Å². The molecule has 2 aromatic rings. The van der Waals surface area contributed by atoms with E-state index in [1.54, 1.807) is 28.8 Å². The number of carbonyl (C=O) groups excluding carboxylic acids is 3. The SMILES string of the molecule is CC[C@H](C)[C@H](NC(=O)[C@H]1N2C(=O)c3ccccc3[C@@H]2SC1(C)C)C(=O)NCc1ccc(Cl)cc1. The number of fused-ring (bicyclic) bond motifs is 3. The molecule has 0 spiro atoms. The van der Waals surface area contributed by atoms with Gasteiger partial charge in [-0.15, -0.1) is 11.8 Å². The van der Waals surface area contributed by atoms with Crippen molar-refractivity contribution in [3.63, 3.8) is 0 Å². The van der Waals surface area contributed by atoms with Crippen molar-refractivity contribution in [1.29, 1.82) is 0 Å². The third-order valence-electron chi connectivity index (χ3n) is 6.72. The Kier molecular flexibility index (Phi) is 6.97. The van der Waals surface area contributed by atoms with E-state index in [-0.39, 0.29) is 29.0 Å². The highest BCUT2D eigenvalue weighted by Gasteiger charge is 2.57. The monoisotopic (exact) mass is 499 g/mol. The van der Waals surface area contributed by atoms with Crippen LogP contribution in [0.15, 0.2) is 48.5 Å². The van der Waals surface area contributed by atoms with Crippen LogP contribution in [0.1, 0.15) is 61.0 Å². The molecule has 0 saturated carbocycles. The fraction of sp³-hybridized carbons (Fsp3) is 0.423. The van der Waals surface area contributed by atoms with Crippen LogP contribution in [0.25, 0.3) is 0 Å². The second kappa shape index (κ2) is 9.62. The highest BCUT2D eigenvalue weighted by molar-refractivity contribution is 8.01. The highest BCUT2D eigenvalue weighted by atomic mass is 35.5. The predicted molar refractivity (Wildman–Crippen MR) is 135 cm³/mol. The first-order chi connectivity index (χ1) is 16.1. The lowest BCUT2D eigenvalue weighted by atomic mass is 9.95.